The molecule has 2 aliphatic carbocycles. The number of para-hydroxylation sites is 1. The summed E-state index contributed by atoms with van der Waals surface area (Å²) in [6, 6.07) is 15.3. The molecule has 0 spiro atoms. The minimum atomic E-state index is -0.597. The van der Waals surface area contributed by atoms with Gasteiger partial charge in [0.05, 0.1) is 24.6 Å². The van der Waals surface area contributed by atoms with Crippen LogP contribution in [-0.2, 0) is 24.5 Å². The smallest absolute Gasteiger partial charge is 0.417 e. The Bertz CT molecular complexity index is 1730. The number of amides is 1. The van der Waals surface area contributed by atoms with E-state index in [1.807, 2.05) is 56.3 Å². The van der Waals surface area contributed by atoms with Gasteiger partial charge in [-0.25, -0.2) is 4.79 Å². The number of hydrogen-bond acceptors (Lipinski definition) is 9. The molecule has 2 aromatic rings. The fourth-order valence-corrected chi connectivity index (χ4v) is 9.46. The number of aliphatic hydroxyl groups excluding tert-OH is 1. The Morgan fingerprint density at radius 2 is 1.85 bits per heavy atom. The van der Waals surface area contributed by atoms with Crippen LogP contribution in [0.3, 0.4) is 0 Å². The van der Waals surface area contributed by atoms with Gasteiger partial charge < -0.3 is 24.2 Å². The number of esters is 2. The summed E-state index contributed by atoms with van der Waals surface area (Å²) >= 11 is 0. The number of anilines is 2. The predicted octanol–water partition coefficient (Wildman–Crippen LogP) is 7.86. The van der Waals surface area contributed by atoms with E-state index in [2.05, 4.69) is 74.3 Å². The monoisotopic (exact) mass is 741 g/mol. The van der Waals surface area contributed by atoms with Crippen molar-refractivity contribution in [3.8, 4) is 5.75 Å². The fourth-order valence-electron chi connectivity index (χ4n) is 9.46. The van der Waals surface area contributed by atoms with Gasteiger partial charge in [-0.15, -0.1) is 0 Å². The highest BCUT2D eigenvalue weighted by molar-refractivity contribution is 5.86. The first-order valence-corrected chi connectivity index (χ1v) is 19.9. The van der Waals surface area contributed by atoms with Gasteiger partial charge in [0.1, 0.15) is 18.0 Å². The largest absolute Gasteiger partial charge is 0.462 e. The Balaban J connectivity index is 0.000000186. The minimum absolute atomic E-state index is 0.0636. The summed E-state index contributed by atoms with van der Waals surface area (Å²) in [5, 5.41) is 12.6. The third kappa shape index (κ3) is 8.55. The summed E-state index contributed by atoms with van der Waals surface area (Å²) in [5.74, 6) is 1.34. The third-order valence-electron chi connectivity index (χ3n) is 12.5. The number of cyclic esters (lactones) is 1. The number of fused-ring (bicyclic) bond motifs is 4. The van der Waals surface area contributed by atoms with Crippen LogP contribution >= 0.6 is 0 Å². The van der Waals surface area contributed by atoms with Crippen LogP contribution in [0.15, 0.2) is 72.3 Å². The molecule has 2 saturated heterocycles. The van der Waals surface area contributed by atoms with E-state index in [9.17, 15) is 19.5 Å². The third-order valence-corrected chi connectivity index (χ3v) is 12.5. The standard InChI is InChI=1S/C24H36O5.C20H23N3O2/c1-5-15(3)24(27)29-21-11-14(2)10-17-7-6-16(4)20(23(17)21)9-8-19-12-18(25)13-22(26)28-19;1-20-11-12-22(2)18(20)23(3)17-10-9-15(13-16(17)20)25-19(24)21-14-7-5-4-6-8-14/h6-7,10,14-16,18-21,23,25H,5,8-9,11-13H2,1-4H3;4-10,13,18H,11-12H2,1-3H3,(H,21,24)/t14-,15-,16-,18+,19+,20-,21-,23-;18-,20+/m01/s1. The first-order valence-electron chi connectivity index (χ1n) is 19.9. The van der Waals surface area contributed by atoms with Crippen molar-refractivity contribution >= 4 is 29.4 Å². The van der Waals surface area contributed by atoms with Gasteiger partial charge in [0.25, 0.3) is 0 Å². The van der Waals surface area contributed by atoms with Crippen molar-refractivity contribution in [1.29, 1.82) is 0 Å². The van der Waals surface area contributed by atoms with Crippen LogP contribution in [0.5, 0.6) is 5.75 Å². The molecule has 5 aliphatic rings. The second-order valence-electron chi connectivity index (χ2n) is 16.5. The van der Waals surface area contributed by atoms with Crippen molar-refractivity contribution in [2.75, 3.05) is 30.9 Å². The lowest BCUT2D eigenvalue weighted by atomic mass is 9.65. The molecular weight excluding hydrogens is 682 g/mol. The minimum Gasteiger partial charge on any atom is -0.462 e. The van der Waals surface area contributed by atoms with E-state index in [0.717, 1.165) is 44.3 Å². The van der Waals surface area contributed by atoms with Gasteiger partial charge in [-0.05, 0) is 98.4 Å². The van der Waals surface area contributed by atoms with Gasteiger partial charge in [0, 0.05) is 42.7 Å². The summed E-state index contributed by atoms with van der Waals surface area (Å²) in [7, 11) is 4.31. The molecule has 0 radical (unpaired) electrons. The number of allylic oxidation sites excluding steroid dienone is 3. The number of nitrogens with zero attached hydrogens (tertiary/aromatic N) is 2. The Kier molecular flexibility index (Phi) is 12.2. The van der Waals surface area contributed by atoms with Gasteiger partial charge in [-0.2, -0.15) is 0 Å². The van der Waals surface area contributed by atoms with Crippen molar-refractivity contribution in [2.24, 2.45) is 29.6 Å². The molecule has 7 rings (SSSR count). The average molecular weight is 742 g/mol. The molecule has 10 atom stereocenters. The lowest BCUT2D eigenvalue weighted by Crippen LogP contribution is -2.45. The number of nitrogens with one attached hydrogen (secondary N) is 1. The van der Waals surface area contributed by atoms with Gasteiger partial charge in [0.15, 0.2) is 0 Å². The Morgan fingerprint density at radius 1 is 1.09 bits per heavy atom. The van der Waals surface area contributed by atoms with Gasteiger partial charge in [0.2, 0.25) is 0 Å². The molecule has 0 saturated carbocycles. The summed E-state index contributed by atoms with van der Waals surface area (Å²) < 4.78 is 17.0. The van der Waals surface area contributed by atoms with Gasteiger partial charge >= 0.3 is 18.0 Å². The number of likely N-dealkylation sites (tertiary alicyclic amines) is 1. The first kappa shape index (κ1) is 39.5. The lowest BCUT2D eigenvalue weighted by Gasteiger charge is -2.43. The van der Waals surface area contributed by atoms with Crippen LogP contribution < -0.4 is 15.0 Å². The SMILES string of the molecule is CC[C@H](C)C(=O)O[C@H]1C[C@@H](C)C=C2C=C[C@H](C)[C@H](CC[C@@H]3C[C@@H](O)CC(=O)O3)[C@H]21.CN1CC[C@@]2(C)c3cc(OC(=O)Nc4ccccc4)ccc3N(C)[C@@H]12. The van der Waals surface area contributed by atoms with Crippen molar-refractivity contribution in [3.05, 3.63) is 77.9 Å². The molecule has 2 N–H and O–H groups in total. The van der Waals surface area contributed by atoms with E-state index in [-0.39, 0.29) is 47.8 Å². The first-order chi connectivity index (χ1) is 25.8. The Labute approximate surface area is 320 Å². The second-order valence-corrected chi connectivity index (χ2v) is 16.5. The number of carbonyl (C=O) groups excluding carboxylic acids is 3. The zero-order chi connectivity index (χ0) is 38.7. The molecule has 10 heteroatoms. The highest BCUT2D eigenvalue weighted by atomic mass is 16.6. The van der Waals surface area contributed by atoms with Crippen LogP contribution in [0.1, 0.15) is 85.1 Å². The van der Waals surface area contributed by atoms with E-state index in [0.29, 0.717) is 36.1 Å². The summed E-state index contributed by atoms with van der Waals surface area (Å²) in [5.41, 5.74) is 4.53. The Morgan fingerprint density at radius 3 is 2.57 bits per heavy atom. The number of aliphatic hydroxyl groups is 1. The van der Waals surface area contributed by atoms with E-state index >= 15 is 0 Å². The average Bonchev–Trinajstić information content (AvgIpc) is 3.56. The number of carbonyl (C=O) groups is 3. The lowest BCUT2D eigenvalue weighted by molar-refractivity contribution is -0.162. The maximum Gasteiger partial charge on any atom is 0.417 e. The molecule has 2 fully saturated rings. The maximum atomic E-state index is 12.5. The number of ether oxygens (including phenoxy) is 3. The van der Waals surface area contributed by atoms with E-state index < -0.39 is 12.2 Å². The highest BCUT2D eigenvalue weighted by Crippen LogP contribution is 2.52. The van der Waals surface area contributed by atoms with Crippen molar-refractivity contribution in [2.45, 2.75) is 109 Å². The Hall–Kier alpha value is -4.15. The van der Waals surface area contributed by atoms with E-state index in [1.165, 1.54) is 16.8 Å². The summed E-state index contributed by atoms with van der Waals surface area (Å²) in [6.45, 7) is 11.7. The van der Waals surface area contributed by atoms with E-state index in [4.69, 9.17) is 14.2 Å². The van der Waals surface area contributed by atoms with Crippen molar-refractivity contribution in [3.63, 3.8) is 0 Å². The fraction of sp³-hybridized carbons (Fsp3) is 0.568. The van der Waals surface area contributed by atoms with Crippen LogP contribution in [0, 0.1) is 29.6 Å². The predicted molar refractivity (Wildman–Crippen MR) is 210 cm³/mol. The van der Waals surface area contributed by atoms with E-state index in [1.54, 1.807) is 0 Å². The molecule has 0 aromatic heterocycles. The topological polar surface area (TPSA) is 118 Å². The quantitative estimate of drug-likeness (QED) is 0.261. The molecule has 54 heavy (non-hydrogen) atoms. The molecule has 10 nitrogen and oxygen atoms in total. The zero-order valence-electron chi connectivity index (χ0n) is 33.0. The van der Waals surface area contributed by atoms with Crippen molar-refractivity contribution < 1.29 is 33.7 Å². The molecule has 3 aliphatic heterocycles. The van der Waals surface area contributed by atoms with Crippen LogP contribution in [0.2, 0.25) is 0 Å². The number of hydrogen-bond donors (Lipinski definition) is 2. The van der Waals surface area contributed by atoms with Crippen molar-refractivity contribution in [1.82, 2.24) is 4.90 Å². The molecule has 0 bridgehead atoms. The van der Waals surface area contributed by atoms with Crippen LogP contribution in [-0.4, -0.2) is 73.2 Å². The highest BCUT2D eigenvalue weighted by Gasteiger charge is 2.52. The summed E-state index contributed by atoms with van der Waals surface area (Å²) in [4.78, 5) is 41.1. The second kappa shape index (κ2) is 16.7. The molecule has 1 amide bonds. The maximum absolute atomic E-state index is 12.5. The number of benzene rings is 2. The number of rotatable bonds is 8. The number of likely N-dealkylation sites (N-methyl/N-ethyl adjacent to an activating group) is 2. The molecule has 292 valence electrons. The molecule has 2 aromatic carbocycles. The zero-order valence-corrected chi connectivity index (χ0v) is 33.0. The molecule has 0 unspecified atom stereocenters. The van der Waals surface area contributed by atoms with Gasteiger partial charge in [-0.3, -0.25) is 19.8 Å². The molecule has 3 heterocycles. The van der Waals surface area contributed by atoms with Crippen LogP contribution in [0.4, 0.5) is 16.2 Å². The summed E-state index contributed by atoms with van der Waals surface area (Å²) in [6.07, 6.45) is 10.7. The normalized spacial score (nSPS) is 31.8. The molecular formula is C44H59N3O7. The van der Waals surface area contributed by atoms with Crippen LogP contribution in [0.25, 0.3) is 0 Å². The van der Waals surface area contributed by atoms with Gasteiger partial charge in [-0.1, -0.05) is 71.0 Å².